The smallest absolute Gasteiger partial charge is 0.258 e. The predicted molar refractivity (Wildman–Crippen MR) is 89.6 cm³/mol. The first-order valence-electron chi connectivity index (χ1n) is 9.21. The number of nitrogens with zero attached hydrogens (tertiary/aromatic N) is 2. The molecule has 2 aromatic rings. The van der Waals surface area contributed by atoms with Crippen molar-refractivity contribution in [3.05, 3.63) is 40.1 Å². The number of Topliss-reactive ketones (excluding diaryl/α,β-unsaturated/α-hetero) is 1. The molecule has 0 unspecified atom stereocenters. The summed E-state index contributed by atoms with van der Waals surface area (Å²) >= 11 is 0. The van der Waals surface area contributed by atoms with Crippen molar-refractivity contribution in [2.75, 3.05) is 6.54 Å². The van der Waals surface area contributed by atoms with E-state index in [-0.39, 0.29) is 11.7 Å². The fourth-order valence-electron chi connectivity index (χ4n) is 4.26. The molecule has 1 amide bonds. The highest BCUT2D eigenvalue weighted by Gasteiger charge is 2.34. The molecule has 1 N–H and O–H groups in total. The molecular formula is C19H21N3O3. The number of fused-ring (bicyclic) bond motifs is 2. The van der Waals surface area contributed by atoms with Gasteiger partial charge in [0.25, 0.3) is 5.91 Å². The Balaban J connectivity index is 1.43. The van der Waals surface area contributed by atoms with Crippen molar-refractivity contribution < 1.29 is 14.0 Å². The Hall–Kier alpha value is -2.37. The summed E-state index contributed by atoms with van der Waals surface area (Å²) in [4.78, 5) is 27.2. The second-order valence-corrected chi connectivity index (χ2v) is 7.39. The third kappa shape index (κ3) is 2.27. The minimum absolute atomic E-state index is 0.0366. The summed E-state index contributed by atoms with van der Waals surface area (Å²) in [6, 6.07) is 0. The van der Waals surface area contributed by atoms with E-state index >= 15 is 0 Å². The number of nitrogens with one attached hydrogen (secondary N) is 1. The Labute approximate surface area is 145 Å². The molecule has 2 aromatic heterocycles. The molecule has 0 radical (unpaired) electrons. The van der Waals surface area contributed by atoms with E-state index in [9.17, 15) is 9.59 Å². The van der Waals surface area contributed by atoms with Crippen LogP contribution in [0.1, 0.15) is 81.4 Å². The lowest BCUT2D eigenvalue weighted by molar-refractivity contribution is 0.0727. The molecule has 0 saturated heterocycles. The minimum Gasteiger partial charge on any atom is -0.468 e. The molecule has 1 saturated carbocycles. The lowest BCUT2D eigenvalue weighted by atomic mass is 9.80. The Bertz CT molecular complexity index is 859. The number of amides is 1. The quantitative estimate of drug-likeness (QED) is 0.912. The molecule has 0 bridgehead atoms. The largest absolute Gasteiger partial charge is 0.468 e. The predicted octanol–water partition coefficient (Wildman–Crippen LogP) is 2.99. The van der Waals surface area contributed by atoms with E-state index in [4.69, 9.17) is 4.42 Å². The van der Waals surface area contributed by atoms with Gasteiger partial charge >= 0.3 is 0 Å². The first-order valence-corrected chi connectivity index (χ1v) is 9.21. The Morgan fingerprint density at radius 2 is 2.12 bits per heavy atom. The van der Waals surface area contributed by atoms with Crippen LogP contribution in [0, 0.1) is 0 Å². The van der Waals surface area contributed by atoms with E-state index in [2.05, 4.69) is 10.2 Å². The zero-order valence-corrected chi connectivity index (χ0v) is 14.1. The molecule has 5 rings (SSSR count). The minimum atomic E-state index is -0.0911. The average molecular weight is 339 g/mol. The van der Waals surface area contributed by atoms with Gasteiger partial charge in [0.2, 0.25) is 0 Å². The number of hydrogen-bond acceptors (Lipinski definition) is 4. The molecule has 6 heteroatoms. The van der Waals surface area contributed by atoms with E-state index in [1.54, 1.807) is 0 Å². The molecule has 0 spiro atoms. The highest BCUT2D eigenvalue weighted by atomic mass is 16.3. The van der Waals surface area contributed by atoms with Gasteiger partial charge in [-0.1, -0.05) is 6.42 Å². The van der Waals surface area contributed by atoms with Crippen molar-refractivity contribution in [3.8, 4) is 0 Å². The van der Waals surface area contributed by atoms with Gasteiger partial charge in [0.05, 0.1) is 16.8 Å². The Morgan fingerprint density at radius 1 is 1.24 bits per heavy atom. The Kier molecular flexibility index (Phi) is 3.33. The van der Waals surface area contributed by atoms with E-state index in [1.807, 2.05) is 4.90 Å². The molecule has 3 aliphatic rings. The van der Waals surface area contributed by atoms with Gasteiger partial charge in [-0.15, -0.1) is 0 Å². The van der Waals surface area contributed by atoms with Crippen LogP contribution in [-0.4, -0.2) is 33.3 Å². The standard InChI is InChI=1S/C19H21N3O3/c23-15-5-2-6-16-17(15)13(10-25-16)19(24)22-8-7-14-12(9-22)18(21-20-14)11-3-1-4-11/h10-11H,1-9H2,(H,20,21). The maximum Gasteiger partial charge on any atom is 0.258 e. The lowest BCUT2D eigenvalue weighted by Crippen LogP contribution is -2.37. The lowest BCUT2D eigenvalue weighted by Gasteiger charge is -2.30. The van der Waals surface area contributed by atoms with Crippen LogP contribution < -0.4 is 0 Å². The van der Waals surface area contributed by atoms with Crippen molar-refractivity contribution in [1.29, 1.82) is 0 Å². The Morgan fingerprint density at radius 3 is 2.92 bits per heavy atom. The second kappa shape index (κ2) is 5.58. The first-order chi connectivity index (χ1) is 12.2. The van der Waals surface area contributed by atoms with Crippen molar-refractivity contribution in [3.63, 3.8) is 0 Å². The van der Waals surface area contributed by atoms with Gasteiger partial charge in [-0.3, -0.25) is 14.7 Å². The second-order valence-electron chi connectivity index (χ2n) is 7.39. The van der Waals surface area contributed by atoms with Crippen molar-refractivity contribution >= 4 is 11.7 Å². The number of aryl methyl sites for hydroxylation is 1. The molecule has 1 fully saturated rings. The molecule has 0 atom stereocenters. The van der Waals surface area contributed by atoms with Crippen LogP contribution in [0.4, 0.5) is 0 Å². The number of carbonyl (C=O) groups excluding carboxylic acids is 2. The third-order valence-corrected chi connectivity index (χ3v) is 5.93. The molecule has 3 heterocycles. The van der Waals surface area contributed by atoms with Crippen LogP contribution in [0.2, 0.25) is 0 Å². The van der Waals surface area contributed by atoms with Crippen LogP contribution in [0.25, 0.3) is 0 Å². The fraction of sp³-hybridized carbons (Fsp3) is 0.526. The molecule has 1 aliphatic heterocycles. The summed E-state index contributed by atoms with van der Waals surface area (Å²) in [5, 5.41) is 7.69. The van der Waals surface area contributed by atoms with Crippen molar-refractivity contribution in [1.82, 2.24) is 15.1 Å². The van der Waals surface area contributed by atoms with Crippen molar-refractivity contribution in [2.45, 2.75) is 57.4 Å². The van der Waals surface area contributed by atoms with Crippen LogP contribution in [0.3, 0.4) is 0 Å². The monoisotopic (exact) mass is 339 g/mol. The maximum atomic E-state index is 13.1. The van der Waals surface area contributed by atoms with E-state index < -0.39 is 0 Å². The number of H-pyrrole nitrogens is 1. The summed E-state index contributed by atoms with van der Waals surface area (Å²) in [6.45, 7) is 1.22. The average Bonchev–Trinajstić information content (AvgIpc) is 3.18. The topological polar surface area (TPSA) is 79.2 Å². The first kappa shape index (κ1) is 14.9. The van der Waals surface area contributed by atoms with Gasteiger partial charge in [0, 0.05) is 49.5 Å². The van der Waals surface area contributed by atoms with E-state index in [1.165, 1.54) is 31.1 Å². The number of rotatable bonds is 2. The van der Waals surface area contributed by atoms with Crippen LogP contribution in [0.15, 0.2) is 10.7 Å². The van der Waals surface area contributed by atoms with Crippen LogP contribution in [-0.2, 0) is 19.4 Å². The fourth-order valence-corrected chi connectivity index (χ4v) is 4.26. The molecule has 6 nitrogen and oxygen atoms in total. The van der Waals surface area contributed by atoms with Gasteiger partial charge in [-0.05, 0) is 19.3 Å². The van der Waals surface area contributed by atoms with Crippen molar-refractivity contribution in [2.24, 2.45) is 0 Å². The number of hydrogen-bond donors (Lipinski definition) is 1. The van der Waals surface area contributed by atoms with E-state index in [0.717, 1.165) is 30.7 Å². The summed E-state index contributed by atoms with van der Waals surface area (Å²) in [5.41, 5.74) is 4.46. The highest BCUT2D eigenvalue weighted by Crippen LogP contribution is 2.39. The summed E-state index contributed by atoms with van der Waals surface area (Å²) < 4.78 is 5.53. The van der Waals surface area contributed by atoms with Gasteiger partial charge in [-0.2, -0.15) is 5.10 Å². The van der Waals surface area contributed by atoms with Gasteiger partial charge in [-0.25, -0.2) is 0 Å². The molecule has 0 aromatic carbocycles. The molecular weight excluding hydrogens is 318 g/mol. The third-order valence-electron chi connectivity index (χ3n) is 5.93. The molecule has 25 heavy (non-hydrogen) atoms. The van der Waals surface area contributed by atoms with Gasteiger partial charge < -0.3 is 9.32 Å². The number of ketones is 1. The highest BCUT2D eigenvalue weighted by molar-refractivity contribution is 6.09. The number of aromatic nitrogens is 2. The van der Waals surface area contributed by atoms with E-state index in [0.29, 0.717) is 42.3 Å². The number of furan rings is 1. The maximum absolute atomic E-state index is 13.1. The summed E-state index contributed by atoms with van der Waals surface area (Å²) in [7, 11) is 0. The van der Waals surface area contributed by atoms with Gasteiger partial charge in [0.1, 0.15) is 12.0 Å². The number of carbonyl (C=O) groups is 2. The zero-order chi connectivity index (χ0) is 17.0. The SMILES string of the molecule is O=C1CCCc2occ(C(=O)N3CCc4[nH]nc(C5CCC5)c4C3)c21. The molecule has 130 valence electrons. The number of aromatic amines is 1. The summed E-state index contributed by atoms with van der Waals surface area (Å²) in [6.07, 6.45) is 7.96. The van der Waals surface area contributed by atoms with Gasteiger partial charge in [0.15, 0.2) is 5.78 Å². The normalized spacial score (nSPS) is 20.2. The van der Waals surface area contributed by atoms with Crippen LogP contribution in [0.5, 0.6) is 0 Å². The molecule has 2 aliphatic carbocycles. The van der Waals surface area contributed by atoms with Crippen LogP contribution >= 0.6 is 0 Å². The summed E-state index contributed by atoms with van der Waals surface area (Å²) in [5.74, 6) is 1.16. The zero-order valence-electron chi connectivity index (χ0n) is 14.1.